The van der Waals surface area contributed by atoms with E-state index in [9.17, 15) is 4.21 Å². The van der Waals surface area contributed by atoms with Crippen LogP contribution in [-0.4, -0.2) is 49.1 Å². The molecule has 1 atom stereocenters. The van der Waals surface area contributed by atoms with Crippen LogP contribution in [0, 0.1) is 6.92 Å². The summed E-state index contributed by atoms with van der Waals surface area (Å²) in [7, 11) is 0.755. The van der Waals surface area contributed by atoms with Crippen LogP contribution in [0.4, 0.5) is 5.69 Å². The molecule has 0 saturated carbocycles. The molecule has 6 heteroatoms. The van der Waals surface area contributed by atoms with E-state index in [0.29, 0.717) is 12.3 Å². The highest BCUT2D eigenvalue weighted by molar-refractivity contribution is 7.85. The Bertz CT molecular complexity index is 749. The molecule has 5 nitrogen and oxygen atoms in total. The Kier molecular flexibility index (Phi) is 8.84. The van der Waals surface area contributed by atoms with Crippen molar-refractivity contribution in [3.05, 3.63) is 60.2 Å². The van der Waals surface area contributed by atoms with Crippen molar-refractivity contribution in [3.63, 3.8) is 0 Å². The van der Waals surface area contributed by atoms with Crippen LogP contribution in [0.25, 0.3) is 0 Å². The highest BCUT2D eigenvalue weighted by Gasteiger charge is 2.06. The lowest BCUT2D eigenvalue weighted by molar-refractivity contribution is 0.681. The number of benzene rings is 2. The molecular formula is C21H30N4OS. The van der Waals surface area contributed by atoms with Gasteiger partial charge in [-0.3, -0.25) is 9.20 Å². The number of likely N-dealkylation sites (N-methyl/N-ethyl adjacent to an activating group) is 1. The minimum atomic E-state index is -0.997. The van der Waals surface area contributed by atoms with Crippen molar-refractivity contribution in [2.45, 2.75) is 18.7 Å². The van der Waals surface area contributed by atoms with E-state index in [1.807, 2.05) is 30.3 Å². The van der Waals surface area contributed by atoms with Crippen molar-refractivity contribution in [1.82, 2.24) is 10.6 Å². The molecule has 0 radical (unpaired) electrons. The van der Waals surface area contributed by atoms with Crippen LogP contribution >= 0.6 is 0 Å². The Morgan fingerprint density at radius 2 is 1.81 bits per heavy atom. The molecule has 2 N–H and O–H groups in total. The number of rotatable bonds is 9. The van der Waals surface area contributed by atoms with E-state index in [4.69, 9.17) is 0 Å². The van der Waals surface area contributed by atoms with E-state index in [-0.39, 0.29) is 0 Å². The van der Waals surface area contributed by atoms with Crippen LogP contribution in [-0.2, 0) is 10.8 Å². The van der Waals surface area contributed by atoms with E-state index in [0.717, 1.165) is 30.5 Å². The highest BCUT2D eigenvalue weighted by Crippen LogP contribution is 2.14. The maximum absolute atomic E-state index is 12.2. The monoisotopic (exact) mass is 386 g/mol. The lowest BCUT2D eigenvalue weighted by Crippen LogP contribution is -2.42. The summed E-state index contributed by atoms with van der Waals surface area (Å²) in [5.74, 6) is 1.29. The molecule has 0 aromatic heterocycles. The van der Waals surface area contributed by atoms with Gasteiger partial charge in [0.05, 0.1) is 10.8 Å². The Morgan fingerprint density at radius 3 is 2.48 bits per heavy atom. The van der Waals surface area contributed by atoms with Gasteiger partial charge in [0, 0.05) is 49.6 Å². The zero-order valence-corrected chi connectivity index (χ0v) is 17.3. The van der Waals surface area contributed by atoms with Crippen LogP contribution in [0.2, 0.25) is 0 Å². The summed E-state index contributed by atoms with van der Waals surface area (Å²) in [6.45, 7) is 7.50. The number of nitrogens with one attached hydrogen (secondary N) is 2. The summed E-state index contributed by atoms with van der Waals surface area (Å²) in [4.78, 5) is 7.44. The molecule has 0 spiro atoms. The lowest BCUT2D eigenvalue weighted by Gasteiger charge is -2.24. The minimum absolute atomic E-state index is 0.551. The number of hydrogen-bond donors (Lipinski definition) is 2. The van der Waals surface area contributed by atoms with Crippen LogP contribution in [0.15, 0.2) is 64.5 Å². The second-order valence-corrected chi connectivity index (χ2v) is 7.78. The zero-order valence-electron chi connectivity index (χ0n) is 16.4. The summed E-state index contributed by atoms with van der Waals surface area (Å²) >= 11 is 0. The number of hydrogen-bond acceptors (Lipinski definition) is 3. The quantitative estimate of drug-likeness (QED) is 0.514. The molecule has 27 heavy (non-hydrogen) atoms. The molecule has 0 aliphatic heterocycles. The molecule has 0 saturated heterocycles. The van der Waals surface area contributed by atoms with Crippen molar-refractivity contribution < 1.29 is 4.21 Å². The second kappa shape index (κ2) is 11.4. The van der Waals surface area contributed by atoms with Gasteiger partial charge in [-0.05, 0) is 43.7 Å². The zero-order chi connectivity index (χ0) is 19.5. The molecule has 0 aliphatic carbocycles. The first-order valence-corrected chi connectivity index (χ1v) is 10.7. The first-order valence-electron chi connectivity index (χ1n) is 9.33. The Balaban J connectivity index is 1.74. The fraction of sp³-hybridized carbons (Fsp3) is 0.381. The first-order chi connectivity index (χ1) is 13.1. The van der Waals surface area contributed by atoms with Crippen LogP contribution in [0.3, 0.4) is 0 Å². The molecule has 146 valence electrons. The summed E-state index contributed by atoms with van der Waals surface area (Å²) in [5.41, 5.74) is 2.50. The average molecular weight is 387 g/mol. The van der Waals surface area contributed by atoms with Crippen LogP contribution in [0.1, 0.15) is 12.5 Å². The fourth-order valence-electron chi connectivity index (χ4n) is 2.78. The van der Waals surface area contributed by atoms with Gasteiger partial charge in [-0.1, -0.05) is 30.3 Å². The van der Waals surface area contributed by atoms with Crippen molar-refractivity contribution in [1.29, 1.82) is 0 Å². The van der Waals surface area contributed by atoms with Gasteiger partial charge in [0.15, 0.2) is 5.96 Å². The van der Waals surface area contributed by atoms with Crippen molar-refractivity contribution in [2.75, 3.05) is 43.9 Å². The maximum atomic E-state index is 12.2. The van der Waals surface area contributed by atoms with E-state index in [1.165, 1.54) is 11.3 Å². The van der Waals surface area contributed by atoms with Crippen molar-refractivity contribution in [2.24, 2.45) is 4.99 Å². The predicted octanol–water partition coefficient (Wildman–Crippen LogP) is 2.79. The number of aryl methyl sites for hydroxylation is 1. The van der Waals surface area contributed by atoms with Crippen LogP contribution in [0.5, 0.6) is 0 Å². The molecule has 0 aliphatic rings. The number of nitrogens with zero attached hydrogens (tertiary/aromatic N) is 2. The third-order valence-electron chi connectivity index (χ3n) is 4.23. The molecule has 0 amide bonds. The van der Waals surface area contributed by atoms with Gasteiger partial charge in [0.25, 0.3) is 0 Å². The first kappa shape index (κ1) is 21.0. The van der Waals surface area contributed by atoms with E-state index in [1.54, 1.807) is 7.05 Å². The molecule has 0 fully saturated rings. The molecule has 0 bridgehead atoms. The Hall–Kier alpha value is -2.34. The molecular weight excluding hydrogens is 356 g/mol. The van der Waals surface area contributed by atoms with Crippen LogP contribution < -0.4 is 15.5 Å². The number of guanidine groups is 1. The average Bonchev–Trinajstić information content (AvgIpc) is 2.70. The fourth-order valence-corrected chi connectivity index (χ4v) is 3.76. The molecule has 1 unspecified atom stereocenters. The molecule has 2 aromatic rings. The van der Waals surface area contributed by atoms with E-state index in [2.05, 4.69) is 58.6 Å². The Labute approximate surface area is 165 Å². The third kappa shape index (κ3) is 7.06. The second-order valence-electron chi connectivity index (χ2n) is 6.21. The Morgan fingerprint density at radius 1 is 1.07 bits per heavy atom. The smallest absolute Gasteiger partial charge is 0.191 e. The minimum Gasteiger partial charge on any atom is -0.370 e. The van der Waals surface area contributed by atoms with Crippen molar-refractivity contribution in [3.8, 4) is 0 Å². The van der Waals surface area contributed by atoms with Gasteiger partial charge in [-0.25, -0.2) is 0 Å². The van der Waals surface area contributed by atoms with Gasteiger partial charge < -0.3 is 15.5 Å². The summed E-state index contributed by atoms with van der Waals surface area (Å²) in [6.07, 6.45) is 0. The van der Waals surface area contributed by atoms with Gasteiger partial charge in [0.1, 0.15) is 0 Å². The number of aliphatic imine (C=N–C) groups is 1. The molecule has 2 rings (SSSR count). The highest BCUT2D eigenvalue weighted by atomic mass is 32.2. The summed E-state index contributed by atoms with van der Waals surface area (Å²) in [6, 6.07) is 18.1. The molecule has 2 aromatic carbocycles. The summed E-state index contributed by atoms with van der Waals surface area (Å²) in [5, 5.41) is 6.57. The van der Waals surface area contributed by atoms with E-state index < -0.39 is 10.8 Å². The summed E-state index contributed by atoms with van der Waals surface area (Å²) < 4.78 is 12.2. The van der Waals surface area contributed by atoms with Gasteiger partial charge in [-0.15, -0.1) is 0 Å². The lowest BCUT2D eigenvalue weighted by atomic mass is 10.2. The predicted molar refractivity (Wildman–Crippen MR) is 116 cm³/mol. The largest absolute Gasteiger partial charge is 0.370 e. The maximum Gasteiger partial charge on any atom is 0.191 e. The van der Waals surface area contributed by atoms with Gasteiger partial charge in [-0.2, -0.15) is 0 Å². The topological polar surface area (TPSA) is 56.7 Å². The SMILES string of the molecule is CCN(CCNC(=NC)NCCS(=O)c1ccccc1)c1cccc(C)c1. The van der Waals surface area contributed by atoms with Gasteiger partial charge >= 0.3 is 0 Å². The van der Waals surface area contributed by atoms with Crippen molar-refractivity contribution >= 4 is 22.4 Å². The molecule has 0 heterocycles. The standard InChI is InChI=1S/C21H30N4OS/c1-4-25(19-10-8-9-18(2)17-19)15-13-23-21(22-3)24-14-16-27(26)20-11-6-5-7-12-20/h5-12,17H,4,13-16H2,1-3H3,(H2,22,23,24). The number of anilines is 1. The van der Waals surface area contributed by atoms with E-state index >= 15 is 0 Å². The third-order valence-corrected chi connectivity index (χ3v) is 5.61. The normalized spacial score (nSPS) is 12.5. The van der Waals surface area contributed by atoms with Gasteiger partial charge in [0.2, 0.25) is 0 Å².